The molecule has 1 N–H and O–H groups in total. The third kappa shape index (κ3) is 6.16. The number of carbonyl (C=O) groups excluding carboxylic acids is 2. The van der Waals surface area contributed by atoms with E-state index in [9.17, 15) is 14.7 Å². The summed E-state index contributed by atoms with van der Waals surface area (Å²) in [5, 5.41) is 10.7. The molecule has 3 atom stereocenters. The second-order valence-corrected chi connectivity index (χ2v) is 9.26. The number of unbranched alkanes of at least 4 members (excludes halogenated alkanes) is 3. The van der Waals surface area contributed by atoms with Gasteiger partial charge in [0.05, 0.1) is 13.2 Å². The monoisotopic (exact) mass is 414 g/mol. The van der Waals surface area contributed by atoms with Crippen molar-refractivity contribution >= 4 is 11.8 Å². The van der Waals surface area contributed by atoms with Crippen molar-refractivity contribution in [3.8, 4) is 0 Å². The van der Waals surface area contributed by atoms with Crippen LogP contribution in [0, 0.1) is 11.8 Å². The largest absolute Gasteiger partial charge is 0.469 e. The van der Waals surface area contributed by atoms with Gasteiger partial charge in [-0.2, -0.15) is 0 Å². The Morgan fingerprint density at radius 3 is 2.43 bits per heavy atom. The Bertz CT molecular complexity index is 675. The van der Waals surface area contributed by atoms with Gasteiger partial charge in [0.15, 0.2) is 0 Å². The minimum absolute atomic E-state index is 0.125. The van der Waals surface area contributed by atoms with E-state index in [0.717, 1.165) is 56.9 Å². The number of methoxy groups -OCH3 is 1. The number of hydrogen-bond donors (Lipinski definition) is 1. The number of rotatable bonds is 10. The van der Waals surface area contributed by atoms with Crippen molar-refractivity contribution in [1.82, 2.24) is 0 Å². The molecule has 0 radical (unpaired) electrons. The van der Waals surface area contributed by atoms with Gasteiger partial charge in [-0.3, -0.25) is 9.59 Å². The number of aliphatic hydroxyl groups excluding tert-OH is 1. The SMILES string of the molecule is COC(=O)CCCCCC[C@H]1C(=O)CC[C@@H]1c1ccc(C(O)C2CCCCC2)cc1. The van der Waals surface area contributed by atoms with Crippen LogP contribution in [-0.4, -0.2) is 24.0 Å². The Balaban J connectivity index is 1.50. The first-order valence-electron chi connectivity index (χ1n) is 12.0. The number of aliphatic hydroxyl groups is 1. The molecule has 0 aromatic heterocycles. The molecular weight excluding hydrogens is 376 g/mol. The van der Waals surface area contributed by atoms with E-state index in [1.165, 1.54) is 31.9 Å². The summed E-state index contributed by atoms with van der Waals surface area (Å²) in [6, 6.07) is 8.46. The molecule has 0 aliphatic heterocycles. The van der Waals surface area contributed by atoms with E-state index in [1.54, 1.807) is 0 Å². The predicted molar refractivity (Wildman–Crippen MR) is 118 cm³/mol. The summed E-state index contributed by atoms with van der Waals surface area (Å²) >= 11 is 0. The van der Waals surface area contributed by atoms with E-state index in [2.05, 4.69) is 29.0 Å². The van der Waals surface area contributed by atoms with Crippen molar-refractivity contribution < 1.29 is 19.4 Å². The van der Waals surface area contributed by atoms with Crippen LogP contribution in [0.1, 0.15) is 107 Å². The molecule has 2 aliphatic rings. The van der Waals surface area contributed by atoms with Gasteiger partial charge in [-0.15, -0.1) is 0 Å². The topological polar surface area (TPSA) is 63.6 Å². The Morgan fingerprint density at radius 1 is 1.03 bits per heavy atom. The molecule has 4 heteroatoms. The fourth-order valence-electron chi connectivity index (χ4n) is 5.42. The van der Waals surface area contributed by atoms with Gasteiger partial charge in [-0.1, -0.05) is 62.8 Å². The molecule has 1 unspecified atom stereocenters. The number of carbonyl (C=O) groups is 2. The lowest BCUT2D eigenvalue weighted by atomic mass is 9.81. The van der Waals surface area contributed by atoms with Gasteiger partial charge in [0.1, 0.15) is 5.78 Å². The molecular formula is C26H38O4. The molecule has 1 aromatic rings. The fraction of sp³-hybridized carbons (Fsp3) is 0.692. The Labute approximate surface area is 181 Å². The maximum Gasteiger partial charge on any atom is 0.305 e. The number of ketones is 1. The van der Waals surface area contributed by atoms with Crippen molar-refractivity contribution in [2.45, 2.75) is 95.5 Å². The Kier molecular flexibility index (Phi) is 8.92. The smallest absolute Gasteiger partial charge is 0.305 e. The first-order chi connectivity index (χ1) is 14.6. The summed E-state index contributed by atoms with van der Waals surface area (Å²) in [5.74, 6) is 1.09. The maximum absolute atomic E-state index is 12.5. The average molecular weight is 415 g/mol. The van der Waals surface area contributed by atoms with E-state index in [1.807, 2.05) is 0 Å². The van der Waals surface area contributed by atoms with Crippen molar-refractivity contribution in [3.63, 3.8) is 0 Å². The Morgan fingerprint density at radius 2 is 1.73 bits per heavy atom. The zero-order chi connectivity index (χ0) is 21.3. The summed E-state index contributed by atoms with van der Waals surface area (Å²) in [6.07, 6.45) is 12.7. The van der Waals surface area contributed by atoms with Crippen LogP contribution in [0.4, 0.5) is 0 Å². The van der Waals surface area contributed by atoms with Crippen LogP contribution in [0.2, 0.25) is 0 Å². The van der Waals surface area contributed by atoms with Crippen LogP contribution in [0.3, 0.4) is 0 Å². The van der Waals surface area contributed by atoms with Gasteiger partial charge in [0.25, 0.3) is 0 Å². The number of esters is 1. The molecule has 2 fully saturated rings. The van der Waals surface area contributed by atoms with Gasteiger partial charge in [0.2, 0.25) is 0 Å². The highest BCUT2D eigenvalue weighted by Gasteiger charge is 2.35. The third-order valence-electron chi connectivity index (χ3n) is 7.28. The lowest BCUT2D eigenvalue weighted by molar-refractivity contribution is -0.140. The molecule has 2 saturated carbocycles. The molecule has 30 heavy (non-hydrogen) atoms. The lowest BCUT2D eigenvalue weighted by Crippen LogP contribution is -2.16. The molecule has 0 bridgehead atoms. The Hall–Kier alpha value is -1.68. The van der Waals surface area contributed by atoms with Crippen molar-refractivity contribution in [3.05, 3.63) is 35.4 Å². The molecule has 0 amide bonds. The summed E-state index contributed by atoms with van der Waals surface area (Å²) in [5.41, 5.74) is 2.27. The van der Waals surface area contributed by atoms with Gasteiger partial charge >= 0.3 is 5.97 Å². The quantitative estimate of drug-likeness (QED) is 0.384. The number of benzene rings is 1. The van der Waals surface area contributed by atoms with Crippen LogP contribution in [0.25, 0.3) is 0 Å². The highest BCUT2D eigenvalue weighted by Crippen LogP contribution is 2.41. The lowest BCUT2D eigenvalue weighted by Gasteiger charge is -2.27. The van der Waals surface area contributed by atoms with E-state index in [0.29, 0.717) is 30.5 Å². The first-order valence-corrected chi connectivity index (χ1v) is 12.0. The van der Waals surface area contributed by atoms with Crippen molar-refractivity contribution in [2.24, 2.45) is 11.8 Å². The highest BCUT2D eigenvalue weighted by atomic mass is 16.5. The summed E-state index contributed by atoms with van der Waals surface area (Å²) < 4.78 is 4.67. The van der Waals surface area contributed by atoms with Gasteiger partial charge in [-0.25, -0.2) is 0 Å². The van der Waals surface area contributed by atoms with Crippen LogP contribution in [0.15, 0.2) is 24.3 Å². The fourth-order valence-corrected chi connectivity index (χ4v) is 5.42. The molecule has 3 rings (SSSR count). The molecule has 2 aliphatic carbocycles. The molecule has 1 aromatic carbocycles. The first kappa shape index (κ1) is 23.0. The maximum atomic E-state index is 12.5. The minimum Gasteiger partial charge on any atom is -0.469 e. The van der Waals surface area contributed by atoms with Crippen LogP contribution >= 0.6 is 0 Å². The second-order valence-electron chi connectivity index (χ2n) is 9.26. The zero-order valence-corrected chi connectivity index (χ0v) is 18.5. The standard InChI is InChI=1S/C26H38O4/c1-30-25(28)12-8-3-2-7-11-23-22(17-18-24(23)27)19-13-15-21(16-14-19)26(29)20-9-5-4-6-10-20/h13-16,20,22-23,26,29H,2-12,17-18H2,1H3/t22-,23-,26?/m1/s1. The van der Waals surface area contributed by atoms with Crippen molar-refractivity contribution in [2.75, 3.05) is 7.11 Å². The van der Waals surface area contributed by atoms with E-state index >= 15 is 0 Å². The van der Waals surface area contributed by atoms with Crippen molar-refractivity contribution in [1.29, 1.82) is 0 Å². The van der Waals surface area contributed by atoms with Gasteiger partial charge < -0.3 is 9.84 Å². The molecule has 0 spiro atoms. The second kappa shape index (κ2) is 11.6. The summed E-state index contributed by atoms with van der Waals surface area (Å²) in [7, 11) is 1.43. The van der Waals surface area contributed by atoms with Gasteiger partial charge in [0, 0.05) is 18.8 Å². The molecule has 4 nitrogen and oxygen atoms in total. The number of Topliss-reactive ketones (excluding diaryl/α,β-unsaturated/α-hetero) is 1. The summed E-state index contributed by atoms with van der Waals surface area (Å²) in [6.45, 7) is 0. The van der Waals surface area contributed by atoms with Crippen LogP contribution in [-0.2, 0) is 14.3 Å². The van der Waals surface area contributed by atoms with E-state index in [4.69, 9.17) is 0 Å². The zero-order valence-electron chi connectivity index (χ0n) is 18.5. The van der Waals surface area contributed by atoms with Crippen LogP contribution < -0.4 is 0 Å². The molecule has 0 heterocycles. The summed E-state index contributed by atoms with van der Waals surface area (Å²) in [4.78, 5) is 23.7. The minimum atomic E-state index is -0.356. The number of hydrogen-bond acceptors (Lipinski definition) is 4. The van der Waals surface area contributed by atoms with E-state index < -0.39 is 0 Å². The highest BCUT2D eigenvalue weighted by molar-refractivity contribution is 5.84. The van der Waals surface area contributed by atoms with E-state index in [-0.39, 0.29) is 18.0 Å². The predicted octanol–water partition coefficient (Wildman–Crippen LogP) is 5.88. The molecule has 166 valence electrons. The average Bonchev–Trinajstić information content (AvgIpc) is 3.16. The number of ether oxygens (including phenoxy) is 1. The van der Waals surface area contributed by atoms with Crippen LogP contribution in [0.5, 0.6) is 0 Å². The van der Waals surface area contributed by atoms with Gasteiger partial charge in [-0.05, 0) is 55.1 Å². The normalized spacial score (nSPS) is 23.5. The molecule has 0 saturated heterocycles. The third-order valence-corrected chi connectivity index (χ3v) is 7.28.